The molecular formula is C42H63Cl3N3+3. The molecule has 0 atom stereocenters. The number of hydrogen-bond acceptors (Lipinski definition) is 0. The molecule has 6 N–H and O–H groups in total. The minimum atomic E-state index is 0. The van der Waals surface area contributed by atoms with Crippen LogP contribution in [-0.2, 0) is 38.5 Å². The van der Waals surface area contributed by atoms with Crippen LogP contribution in [-0.4, -0.2) is 39.3 Å². The Hall–Kier alpha value is -2.37. The molecule has 6 heteroatoms. The van der Waals surface area contributed by atoms with E-state index in [9.17, 15) is 0 Å². The standard InChI is InChI=1S/C42H57N3.3ClH/c1-4-16-37(17-5-1)22-10-13-28-43-31-25-40-34-41(26-32-44-29-14-11-23-38-18-6-2-7-19-38)36-42(35-40)27-33-45-30-15-12-24-39-20-8-3-9-21-39;;;/h1-9,16-21,34-36,43-45H,10-15,22-33H2;3*1H/p+3. The lowest BCUT2D eigenvalue weighted by Crippen LogP contribution is -2.84. The highest BCUT2D eigenvalue weighted by Crippen LogP contribution is 2.12. The summed E-state index contributed by atoms with van der Waals surface area (Å²) in [6.07, 6.45) is 14.9. The Bertz CT molecular complexity index is 1120. The fraction of sp³-hybridized carbons (Fsp3) is 0.429. The van der Waals surface area contributed by atoms with Crippen LogP contribution >= 0.6 is 37.2 Å². The number of hydrogen-bond donors (Lipinski definition) is 3. The second-order valence-electron chi connectivity index (χ2n) is 12.8. The summed E-state index contributed by atoms with van der Waals surface area (Å²) >= 11 is 0. The lowest BCUT2D eigenvalue weighted by atomic mass is 9.99. The van der Waals surface area contributed by atoms with Crippen LogP contribution in [0.5, 0.6) is 0 Å². The van der Waals surface area contributed by atoms with Crippen molar-refractivity contribution in [2.24, 2.45) is 0 Å². The third-order valence-corrected chi connectivity index (χ3v) is 8.92. The lowest BCUT2D eigenvalue weighted by molar-refractivity contribution is -0.654. The van der Waals surface area contributed by atoms with Gasteiger partial charge in [-0.2, -0.15) is 0 Å². The molecule has 0 aliphatic heterocycles. The highest BCUT2D eigenvalue weighted by molar-refractivity contribution is 5.86. The lowest BCUT2D eigenvalue weighted by Gasteiger charge is -2.10. The Morgan fingerprint density at radius 3 is 0.812 bits per heavy atom. The molecule has 0 spiro atoms. The molecule has 0 amide bonds. The third kappa shape index (κ3) is 19.6. The zero-order valence-corrected chi connectivity index (χ0v) is 31.5. The molecule has 48 heavy (non-hydrogen) atoms. The van der Waals surface area contributed by atoms with E-state index in [4.69, 9.17) is 0 Å². The number of halogens is 3. The van der Waals surface area contributed by atoms with Crippen LogP contribution in [0.2, 0.25) is 0 Å². The van der Waals surface area contributed by atoms with Gasteiger partial charge in [0.05, 0.1) is 39.3 Å². The van der Waals surface area contributed by atoms with Gasteiger partial charge >= 0.3 is 0 Å². The van der Waals surface area contributed by atoms with Crippen LogP contribution in [0.3, 0.4) is 0 Å². The summed E-state index contributed by atoms with van der Waals surface area (Å²) < 4.78 is 0. The van der Waals surface area contributed by atoms with E-state index in [-0.39, 0.29) is 37.2 Å². The SMILES string of the molecule is Cl.Cl.Cl.c1ccc(CCCC[NH2+]CCc2cc(CC[NH2+]CCCCc3ccccc3)cc(CC[NH2+]CCCCc3ccccc3)c2)cc1. The van der Waals surface area contributed by atoms with Gasteiger partial charge < -0.3 is 16.0 Å². The zero-order valence-electron chi connectivity index (χ0n) is 29.1. The molecular weight excluding hydrogens is 653 g/mol. The molecule has 4 aromatic carbocycles. The minimum absolute atomic E-state index is 0. The predicted octanol–water partition coefficient (Wildman–Crippen LogP) is 6.34. The summed E-state index contributed by atoms with van der Waals surface area (Å²) in [4.78, 5) is 0. The van der Waals surface area contributed by atoms with Crippen molar-refractivity contribution < 1.29 is 16.0 Å². The van der Waals surface area contributed by atoms with Crippen LogP contribution in [0.4, 0.5) is 0 Å². The van der Waals surface area contributed by atoms with E-state index in [0.717, 1.165) is 0 Å². The number of unbranched alkanes of at least 4 members (excludes halogenated alkanes) is 3. The number of quaternary nitrogens is 3. The molecule has 3 nitrogen and oxygen atoms in total. The molecule has 0 unspecified atom stereocenters. The monoisotopic (exact) mass is 714 g/mol. The summed E-state index contributed by atoms with van der Waals surface area (Å²) in [6, 6.07) is 40.3. The van der Waals surface area contributed by atoms with Crippen molar-refractivity contribution in [3.63, 3.8) is 0 Å². The van der Waals surface area contributed by atoms with Gasteiger partial charge in [-0.25, -0.2) is 0 Å². The van der Waals surface area contributed by atoms with Crippen molar-refractivity contribution in [3.8, 4) is 0 Å². The summed E-state index contributed by atoms with van der Waals surface area (Å²) in [7, 11) is 0. The van der Waals surface area contributed by atoms with Gasteiger partial charge in [-0.3, -0.25) is 0 Å². The van der Waals surface area contributed by atoms with E-state index < -0.39 is 0 Å². The molecule has 4 rings (SSSR count). The molecule has 0 aliphatic carbocycles. The smallest absolute Gasteiger partial charge is 0.0796 e. The van der Waals surface area contributed by atoms with E-state index in [2.05, 4.69) is 125 Å². The van der Waals surface area contributed by atoms with Crippen molar-refractivity contribution in [2.45, 2.75) is 77.0 Å². The Labute approximate surface area is 310 Å². The zero-order chi connectivity index (χ0) is 31.0. The van der Waals surface area contributed by atoms with Crippen LogP contribution < -0.4 is 16.0 Å². The van der Waals surface area contributed by atoms with E-state index in [1.807, 2.05) is 0 Å². The van der Waals surface area contributed by atoms with Gasteiger partial charge in [0.1, 0.15) is 0 Å². The van der Waals surface area contributed by atoms with Gasteiger partial charge in [-0.15, -0.1) is 37.2 Å². The molecule has 0 saturated carbocycles. The maximum Gasteiger partial charge on any atom is 0.0796 e. The number of aryl methyl sites for hydroxylation is 3. The highest BCUT2D eigenvalue weighted by atomic mass is 35.5. The van der Waals surface area contributed by atoms with E-state index in [1.54, 1.807) is 0 Å². The summed E-state index contributed by atoms with van der Waals surface area (Å²) in [5.41, 5.74) is 9.01. The largest absolute Gasteiger partial charge is 0.346 e. The first-order valence-corrected chi connectivity index (χ1v) is 18.0. The van der Waals surface area contributed by atoms with Crippen molar-refractivity contribution in [1.29, 1.82) is 0 Å². The van der Waals surface area contributed by atoms with Crippen molar-refractivity contribution in [3.05, 3.63) is 143 Å². The maximum atomic E-state index is 2.53. The molecule has 0 bridgehead atoms. The van der Waals surface area contributed by atoms with Gasteiger partial charge in [0, 0.05) is 19.3 Å². The van der Waals surface area contributed by atoms with Gasteiger partial charge in [0.25, 0.3) is 0 Å². The number of rotatable bonds is 24. The predicted molar refractivity (Wildman–Crippen MR) is 212 cm³/mol. The van der Waals surface area contributed by atoms with E-state index in [0.29, 0.717) is 0 Å². The fourth-order valence-corrected chi connectivity index (χ4v) is 6.30. The van der Waals surface area contributed by atoms with Crippen molar-refractivity contribution >= 4 is 37.2 Å². The summed E-state index contributed by atoms with van der Waals surface area (Å²) in [5, 5.41) is 7.59. The number of nitrogens with two attached hydrogens (primary N) is 3. The van der Waals surface area contributed by atoms with Gasteiger partial charge in [0.2, 0.25) is 0 Å². The van der Waals surface area contributed by atoms with Gasteiger partial charge in [0.15, 0.2) is 0 Å². The molecule has 0 radical (unpaired) electrons. The second kappa shape index (κ2) is 28.5. The van der Waals surface area contributed by atoms with Crippen LogP contribution in [0.25, 0.3) is 0 Å². The maximum absolute atomic E-state index is 2.53. The molecule has 4 aromatic rings. The first-order valence-electron chi connectivity index (χ1n) is 18.0. The molecule has 0 aliphatic rings. The Kier molecular flexibility index (Phi) is 25.9. The first kappa shape index (κ1) is 43.7. The highest BCUT2D eigenvalue weighted by Gasteiger charge is 2.06. The molecule has 0 heterocycles. The quantitative estimate of drug-likeness (QED) is 0.0711. The Morgan fingerprint density at radius 1 is 0.271 bits per heavy atom. The molecule has 0 aromatic heterocycles. The molecule has 264 valence electrons. The first-order chi connectivity index (χ1) is 22.3. The van der Waals surface area contributed by atoms with E-state index >= 15 is 0 Å². The summed E-state index contributed by atoms with van der Waals surface area (Å²) in [6.45, 7) is 7.27. The molecule has 0 fully saturated rings. The second-order valence-corrected chi connectivity index (χ2v) is 12.8. The average Bonchev–Trinajstić information content (AvgIpc) is 3.08. The molecule has 0 saturated heterocycles. The van der Waals surface area contributed by atoms with Crippen LogP contribution in [0, 0.1) is 0 Å². The minimum Gasteiger partial charge on any atom is -0.346 e. The Morgan fingerprint density at radius 2 is 0.542 bits per heavy atom. The average molecular weight is 716 g/mol. The van der Waals surface area contributed by atoms with Crippen molar-refractivity contribution in [2.75, 3.05) is 39.3 Å². The van der Waals surface area contributed by atoms with Gasteiger partial charge in [-0.1, -0.05) is 109 Å². The Balaban J connectivity index is 0.00000384. The number of benzene rings is 4. The van der Waals surface area contributed by atoms with Crippen molar-refractivity contribution in [1.82, 2.24) is 0 Å². The van der Waals surface area contributed by atoms with Crippen LogP contribution in [0.15, 0.2) is 109 Å². The van der Waals surface area contributed by atoms with Gasteiger partial charge in [-0.05, 0) is 91.2 Å². The topological polar surface area (TPSA) is 49.8 Å². The fourth-order valence-electron chi connectivity index (χ4n) is 6.30. The van der Waals surface area contributed by atoms with E-state index in [1.165, 1.54) is 150 Å². The normalized spacial score (nSPS) is 10.5. The third-order valence-electron chi connectivity index (χ3n) is 8.92. The summed E-state index contributed by atoms with van der Waals surface area (Å²) in [5.74, 6) is 0. The van der Waals surface area contributed by atoms with Crippen LogP contribution in [0.1, 0.15) is 71.9 Å².